The van der Waals surface area contributed by atoms with E-state index in [2.05, 4.69) is 16.9 Å². The Morgan fingerprint density at radius 2 is 1.90 bits per heavy atom. The van der Waals surface area contributed by atoms with Gasteiger partial charge in [0.15, 0.2) is 6.29 Å². The Labute approximate surface area is 235 Å². The lowest BCUT2D eigenvalue weighted by atomic mass is 9.77. The number of aliphatic hydroxyl groups excluding tert-OH is 4. The first-order chi connectivity index (χ1) is 19.7. The smallest absolute Gasteiger partial charge is 0.337 e. The average molecular weight is 575 g/mol. The summed E-state index contributed by atoms with van der Waals surface area (Å²) in [6.07, 6.45) is -5.57. The van der Waals surface area contributed by atoms with Crippen LogP contribution < -0.4 is 5.32 Å². The van der Waals surface area contributed by atoms with Gasteiger partial charge in [0, 0.05) is 40.9 Å². The molecule has 13 nitrogen and oxygen atoms in total. The van der Waals surface area contributed by atoms with E-state index in [1.807, 2.05) is 24.3 Å². The SMILES string of the molecule is C=C[C@H]1[C@H](O[C@@H]2O[C@H](CO)[C@@H](O)[C@H](O)[C@H]2O)OC=C(C(=O)OC)[C@H]1C[C@@H]1N[C@H](C(=O)O)Cc2c1[nH]c1ccccc21. The average Bonchev–Trinajstić information content (AvgIpc) is 3.36. The van der Waals surface area contributed by atoms with E-state index in [0.29, 0.717) is 0 Å². The van der Waals surface area contributed by atoms with Crippen molar-refractivity contribution in [1.29, 1.82) is 0 Å². The van der Waals surface area contributed by atoms with Crippen LogP contribution in [-0.4, -0.2) is 99.2 Å². The van der Waals surface area contributed by atoms with Crippen LogP contribution in [0.25, 0.3) is 10.9 Å². The number of H-pyrrole nitrogens is 1. The van der Waals surface area contributed by atoms with Gasteiger partial charge in [0.2, 0.25) is 6.29 Å². The molecule has 0 amide bonds. The maximum atomic E-state index is 12.8. The molecule has 3 aliphatic rings. The van der Waals surface area contributed by atoms with Gasteiger partial charge in [-0.3, -0.25) is 10.1 Å². The molecular weight excluding hydrogens is 540 g/mol. The molecule has 2 aromatic rings. The first-order valence-corrected chi connectivity index (χ1v) is 13.3. The zero-order valence-corrected chi connectivity index (χ0v) is 22.3. The van der Waals surface area contributed by atoms with E-state index in [1.165, 1.54) is 19.4 Å². The number of carbonyl (C=O) groups excluding carboxylic acids is 1. The number of benzene rings is 1. The number of carboxylic acids is 1. The number of rotatable bonds is 8. The molecule has 1 aromatic carbocycles. The van der Waals surface area contributed by atoms with E-state index < -0.39 is 79.5 Å². The summed E-state index contributed by atoms with van der Waals surface area (Å²) in [5, 5.41) is 54.3. The van der Waals surface area contributed by atoms with E-state index in [-0.39, 0.29) is 18.4 Å². The third-order valence-electron chi connectivity index (χ3n) is 8.11. The number of para-hydroxylation sites is 1. The predicted octanol–water partition coefficient (Wildman–Crippen LogP) is -0.154. The van der Waals surface area contributed by atoms with Crippen LogP contribution >= 0.6 is 0 Å². The minimum atomic E-state index is -1.67. The topological polar surface area (TPSA) is 200 Å². The number of esters is 1. The monoisotopic (exact) mass is 574 g/mol. The molecule has 13 heteroatoms. The number of carbonyl (C=O) groups is 2. The van der Waals surface area contributed by atoms with Crippen LogP contribution in [0, 0.1) is 11.8 Å². The van der Waals surface area contributed by atoms with Crippen LogP contribution in [0.2, 0.25) is 0 Å². The van der Waals surface area contributed by atoms with Crippen LogP contribution in [0.3, 0.4) is 0 Å². The zero-order valence-electron chi connectivity index (χ0n) is 22.3. The number of nitrogens with one attached hydrogen (secondary N) is 2. The molecule has 222 valence electrons. The van der Waals surface area contributed by atoms with Crippen molar-refractivity contribution in [1.82, 2.24) is 10.3 Å². The number of hydrogen-bond acceptors (Lipinski definition) is 11. The van der Waals surface area contributed by atoms with Crippen LogP contribution in [0.15, 0.2) is 48.8 Å². The normalized spacial score (nSPS) is 35.2. The maximum absolute atomic E-state index is 12.8. The number of aromatic amines is 1. The number of carboxylic acid groups (broad SMARTS) is 1. The van der Waals surface area contributed by atoms with Gasteiger partial charge in [-0.25, -0.2) is 4.79 Å². The summed E-state index contributed by atoms with van der Waals surface area (Å²) in [5.41, 5.74) is 2.70. The van der Waals surface area contributed by atoms with Crippen molar-refractivity contribution in [3.63, 3.8) is 0 Å². The molecule has 0 bridgehead atoms. The molecule has 1 aromatic heterocycles. The third-order valence-corrected chi connectivity index (χ3v) is 8.11. The van der Waals surface area contributed by atoms with Crippen molar-refractivity contribution < 1.29 is 54.1 Å². The summed E-state index contributed by atoms with van der Waals surface area (Å²) in [6, 6.07) is 6.20. The Bertz CT molecular complexity index is 1320. The van der Waals surface area contributed by atoms with Crippen molar-refractivity contribution in [3.8, 4) is 0 Å². The van der Waals surface area contributed by atoms with Gasteiger partial charge >= 0.3 is 11.9 Å². The van der Waals surface area contributed by atoms with Crippen LogP contribution in [0.1, 0.15) is 23.7 Å². The number of aliphatic hydroxyl groups is 4. The highest BCUT2D eigenvalue weighted by Crippen LogP contribution is 2.42. The Balaban J connectivity index is 1.47. The molecule has 5 rings (SSSR count). The molecule has 0 spiro atoms. The van der Waals surface area contributed by atoms with Gasteiger partial charge in [0.1, 0.15) is 30.5 Å². The molecule has 10 atom stereocenters. The highest BCUT2D eigenvalue weighted by atomic mass is 16.8. The third kappa shape index (κ3) is 5.37. The Morgan fingerprint density at radius 1 is 1.15 bits per heavy atom. The van der Waals surface area contributed by atoms with E-state index in [4.69, 9.17) is 18.9 Å². The van der Waals surface area contributed by atoms with E-state index in [0.717, 1.165) is 22.2 Å². The summed E-state index contributed by atoms with van der Waals surface area (Å²) in [4.78, 5) is 28.3. The predicted molar refractivity (Wildman–Crippen MR) is 141 cm³/mol. The molecule has 7 N–H and O–H groups in total. The van der Waals surface area contributed by atoms with Gasteiger partial charge in [0.05, 0.1) is 25.6 Å². The van der Waals surface area contributed by atoms with Gasteiger partial charge in [-0.1, -0.05) is 24.3 Å². The lowest BCUT2D eigenvalue weighted by Crippen LogP contribution is -2.60. The standard InChI is InChI=1S/C28H34N2O11/c1-3-12-14(8-18-21-15(9-19(29-18)25(35)36)13-6-4-5-7-17(13)30-21)16(26(37)38-2)11-39-27(12)41-28-24(34)23(33)22(32)20(10-31)40-28/h3-7,11-12,14,18-20,22-24,27-34H,1,8-10H2,2H3,(H,35,36)/t12-,14+,18+,19+,20-,22-,23+,24-,27+,28+/m1/s1. The molecule has 0 unspecified atom stereocenters. The Morgan fingerprint density at radius 3 is 2.59 bits per heavy atom. The van der Waals surface area contributed by atoms with Gasteiger partial charge in [0.25, 0.3) is 0 Å². The summed E-state index contributed by atoms with van der Waals surface area (Å²) in [6.45, 7) is 3.26. The Kier molecular flexibility index (Phi) is 8.47. The molecule has 0 aliphatic carbocycles. The van der Waals surface area contributed by atoms with E-state index in [1.54, 1.807) is 0 Å². The van der Waals surface area contributed by atoms with Gasteiger partial charge in [-0.2, -0.15) is 0 Å². The fourth-order valence-electron chi connectivity index (χ4n) is 5.95. The second-order valence-electron chi connectivity index (χ2n) is 10.4. The quantitative estimate of drug-likeness (QED) is 0.163. The maximum Gasteiger partial charge on any atom is 0.337 e. The second-order valence-corrected chi connectivity index (χ2v) is 10.4. The van der Waals surface area contributed by atoms with Crippen molar-refractivity contribution in [2.75, 3.05) is 13.7 Å². The van der Waals surface area contributed by atoms with E-state index in [9.17, 15) is 35.1 Å². The number of fused-ring (bicyclic) bond motifs is 3. The fraction of sp³-hybridized carbons (Fsp3) is 0.500. The van der Waals surface area contributed by atoms with Gasteiger partial charge in [-0.05, 0) is 18.1 Å². The van der Waals surface area contributed by atoms with Crippen molar-refractivity contribution in [3.05, 3.63) is 60.0 Å². The van der Waals surface area contributed by atoms with Crippen LogP contribution in [-0.2, 0) is 35.0 Å². The lowest BCUT2D eigenvalue weighted by molar-refractivity contribution is -0.339. The van der Waals surface area contributed by atoms with Crippen LogP contribution in [0.5, 0.6) is 0 Å². The fourth-order valence-corrected chi connectivity index (χ4v) is 5.95. The van der Waals surface area contributed by atoms with Gasteiger partial charge < -0.3 is 49.5 Å². The highest BCUT2D eigenvalue weighted by Gasteiger charge is 2.48. The molecule has 41 heavy (non-hydrogen) atoms. The number of aliphatic carboxylic acids is 1. The number of hydrogen-bond donors (Lipinski definition) is 7. The molecule has 3 aliphatic heterocycles. The van der Waals surface area contributed by atoms with Crippen LogP contribution in [0.4, 0.5) is 0 Å². The largest absolute Gasteiger partial charge is 0.480 e. The first kappa shape index (κ1) is 29.2. The summed E-state index contributed by atoms with van der Waals surface area (Å²) in [5.74, 6) is -3.06. The molecule has 1 fully saturated rings. The second kappa shape index (κ2) is 11.9. The van der Waals surface area contributed by atoms with Crippen molar-refractivity contribution in [2.24, 2.45) is 11.8 Å². The molecule has 1 saturated heterocycles. The lowest BCUT2D eigenvalue weighted by Gasteiger charge is -2.43. The number of aromatic nitrogens is 1. The number of ether oxygens (including phenoxy) is 4. The minimum Gasteiger partial charge on any atom is -0.480 e. The minimum absolute atomic E-state index is 0.169. The zero-order chi connectivity index (χ0) is 29.4. The summed E-state index contributed by atoms with van der Waals surface area (Å²) < 4.78 is 22.1. The molecular formula is C28H34N2O11. The molecule has 0 radical (unpaired) electrons. The van der Waals surface area contributed by atoms with Crippen molar-refractivity contribution in [2.45, 2.75) is 61.9 Å². The first-order valence-electron chi connectivity index (χ1n) is 13.3. The summed E-state index contributed by atoms with van der Waals surface area (Å²) in [7, 11) is 1.23. The Hall–Kier alpha value is -3.30. The van der Waals surface area contributed by atoms with Crippen molar-refractivity contribution >= 4 is 22.8 Å². The highest BCUT2D eigenvalue weighted by molar-refractivity contribution is 5.89. The van der Waals surface area contributed by atoms with Gasteiger partial charge in [-0.15, -0.1) is 6.58 Å². The number of methoxy groups -OCH3 is 1. The summed E-state index contributed by atoms with van der Waals surface area (Å²) >= 11 is 0. The van der Waals surface area contributed by atoms with E-state index >= 15 is 0 Å². The molecule has 4 heterocycles. The molecule has 0 saturated carbocycles.